The van der Waals surface area contributed by atoms with Gasteiger partial charge < -0.3 is 14.8 Å². The molecule has 0 saturated carbocycles. The number of hydrogen-bond acceptors (Lipinski definition) is 6. The molecule has 130 valence electrons. The molecule has 4 aromatic rings. The Hall–Kier alpha value is -3.19. The number of thiazole rings is 1. The number of benzene rings is 2. The molecule has 7 heteroatoms. The molecule has 2 N–H and O–H groups in total. The Bertz CT molecular complexity index is 1150. The Morgan fingerprint density at radius 1 is 1.19 bits per heavy atom. The molecule has 0 aliphatic heterocycles. The summed E-state index contributed by atoms with van der Waals surface area (Å²) in [6.45, 7) is 0.300. The molecule has 0 atom stereocenters. The van der Waals surface area contributed by atoms with Gasteiger partial charge in [-0.1, -0.05) is 12.1 Å². The standard InChI is InChI=1S/C19H14N2O4S/c22-17(23)7-8-20-12-6-5-11-9-13(19(24)25-15(11)10-12)18-21-14-3-1-2-4-16(14)26-18/h1-6,9-10,20H,7-8H2,(H,22,23). The summed E-state index contributed by atoms with van der Waals surface area (Å²) in [6.07, 6.45) is 0.0124. The van der Waals surface area contributed by atoms with Crippen LogP contribution < -0.4 is 10.9 Å². The van der Waals surface area contributed by atoms with Gasteiger partial charge in [0.1, 0.15) is 10.6 Å². The largest absolute Gasteiger partial charge is 0.481 e. The first kappa shape index (κ1) is 16.3. The third kappa shape index (κ3) is 3.16. The molecule has 0 unspecified atom stereocenters. The van der Waals surface area contributed by atoms with Gasteiger partial charge in [-0.3, -0.25) is 4.79 Å². The number of nitrogens with one attached hydrogen (secondary N) is 1. The number of anilines is 1. The number of rotatable bonds is 5. The van der Waals surface area contributed by atoms with Crippen LogP contribution in [0.2, 0.25) is 0 Å². The number of carboxylic acids is 1. The van der Waals surface area contributed by atoms with E-state index in [2.05, 4.69) is 10.3 Å². The number of nitrogens with zero attached hydrogens (tertiary/aromatic N) is 1. The van der Waals surface area contributed by atoms with Gasteiger partial charge >= 0.3 is 11.6 Å². The highest BCUT2D eigenvalue weighted by Crippen LogP contribution is 2.30. The van der Waals surface area contributed by atoms with Crippen molar-refractivity contribution in [1.82, 2.24) is 4.98 Å². The van der Waals surface area contributed by atoms with Crippen LogP contribution in [-0.2, 0) is 4.79 Å². The zero-order valence-electron chi connectivity index (χ0n) is 13.6. The van der Waals surface area contributed by atoms with Gasteiger partial charge in [0.25, 0.3) is 0 Å². The van der Waals surface area contributed by atoms with Gasteiger partial charge in [0, 0.05) is 23.7 Å². The van der Waals surface area contributed by atoms with Crippen LogP contribution in [-0.4, -0.2) is 22.6 Å². The Kier molecular flexibility index (Phi) is 4.14. The van der Waals surface area contributed by atoms with Crippen LogP contribution in [0.4, 0.5) is 5.69 Å². The van der Waals surface area contributed by atoms with Crippen LogP contribution in [0.25, 0.3) is 31.8 Å². The topological polar surface area (TPSA) is 92.4 Å². The van der Waals surface area contributed by atoms with Gasteiger partial charge in [-0.2, -0.15) is 0 Å². The lowest BCUT2D eigenvalue weighted by Gasteiger charge is -2.06. The van der Waals surface area contributed by atoms with E-state index in [1.165, 1.54) is 11.3 Å². The van der Waals surface area contributed by atoms with E-state index in [-0.39, 0.29) is 6.42 Å². The monoisotopic (exact) mass is 366 g/mol. The summed E-state index contributed by atoms with van der Waals surface area (Å²) in [5.74, 6) is -0.870. The maximum Gasteiger partial charge on any atom is 0.346 e. The number of aliphatic carboxylic acids is 1. The van der Waals surface area contributed by atoms with Crippen molar-refractivity contribution in [3.63, 3.8) is 0 Å². The van der Waals surface area contributed by atoms with E-state index in [0.717, 1.165) is 15.6 Å². The first-order valence-corrected chi connectivity index (χ1v) is 8.81. The van der Waals surface area contributed by atoms with Gasteiger partial charge in [0.2, 0.25) is 0 Å². The Labute approximate surface area is 151 Å². The summed E-state index contributed by atoms with van der Waals surface area (Å²) in [5.41, 5.74) is 1.99. The first-order chi connectivity index (χ1) is 12.6. The van der Waals surface area contributed by atoms with Crippen LogP contribution >= 0.6 is 11.3 Å². The zero-order valence-corrected chi connectivity index (χ0v) is 14.4. The molecule has 0 radical (unpaired) electrons. The third-order valence-corrected chi connectivity index (χ3v) is 5.00. The van der Waals surface area contributed by atoms with Gasteiger partial charge in [0.05, 0.1) is 22.2 Å². The van der Waals surface area contributed by atoms with Crippen molar-refractivity contribution in [2.24, 2.45) is 0 Å². The quantitative estimate of drug-likeness (QED) is 0.520. The molecule has 0 fully saturated rings. The van der Waals surface area contributed by atoms with Gasteiger partial charge in [-0.25, -0.2) is 9.78 Å². The van der Waals surface area contributed by atoms with Gasteiger partial charge in [0.15, 0.2) is 0 Å². The highest BCUT2D eigenvalue weighted by molar-refractivity contribution is 7.21. The molecule has 2 heterocycles. The van der Waals surface area contributed by atoms with Crippen LogP contribution in [0, 0.1) is 0 Å². The minimum atomic E-state index is -0.870. The molecule has 0 amide bonds. The van der Waals surface area contributed by atoms with Crippen molar-refractivity contribution in [3.05, 3.63) is 59.0 Å². The summed E-state index contributed by atoms with van der Waals surface area (Å²) in [4.78, 5) is 27.5. The second-order valence-corrected chi connectivity index (χ2v) is 6.79. The maximum atomic E-state index is 12.4. The zero-order chi connectivity index (χ0) is 18.1. The minimum absolute atomic E-state index is 0.0124. The van der Waals surface area contributed by atoms with Crippen LogP contribution in [0.1, 0.15) is 6.42 Å². The number of carboxylic acid groups (broad SMARTS) is 1. The highest BCUT2D eigenvalue weighted by Gasteiger charge is 2.13. The highest BCUT2D eigenvalue weighted by atomic mass is 32.1. The van der Waals surface area contributed by atoms with Gasteiger partial charge in [-0.15, -0.1) is 11.3 Å². The van der Waals surface area contributed by atoms with E-state index in [1.54, 1.807) is 12.1 Å². The normalized spacial score (nSPS) is 11.1. The summed E-state index contributed by atoms with van der Waals surface area (Å²) in [6, 6.07) is 14.9. The Morgan fingerprint density at radius 3 is 2.85 bits per heavy atom. The number of para-hydroxylation sites is 1. The Balaban J connectivity index is 1.70. The maximum absolute atomic E-state index is 12.4. The average Bonchev–Trinajstić information content (AvgIpc) is 3.04. The molecule has 4 rings (SSSR count). The average molecular weight is 366 g/mol. The minimum Gasteiger partial charge on any atom is -0.481 e. The van der Waals surface area contributed by atoms with E-state index in [9.17, 15) is 9.59 Å². The third-order valence-electron chi connectivity index (χ3n) is 3.93. The van der Waals surface area contributed by atoms with E-state index in [1.807, 2.05) is 36.4 Å². The molecule has 0 saturated heterocycles. The van der Waals surface area contributed by atoms with Crippen LogP contribution in [0.15, 0.2) is 57.7 Å². The van der Waals surface area contributed by atoms with E-state index < -0.39 is 11.6 Å². The number of aromatic nitrogens is 1. The van der Waals surface area contributed by atoms with Crippen molar-refractivity contribution in [1.29, 1.82) is 0 Å². The van der Waals surface area contributed by atoms with E-state index in [4.69, 9.17) is 9.52 Å². The molecule has 6 nitrogen and oxygen atoms in total. The first-order valence-electron chi connectivity index (χ1n) is 8.00. The molecule has 26 heavy (non-hydrogen) atoms. The Morgan fingerprint density at radius 2 is 2.04 bits per heavy atom. The fourth-order valence-corrected chi connectivity index (χ4v) is 3.64. The molecule has 0 spiro atoms. The van der Waals surface area contributed by atoms with Crippen molar-refractivity contribution in [3.8, 4) is 10.6 Å². The lowest BCUT2D eigenvalue weighted by molar-refractivity contribution is -0.136. The smallest absolute Gasteiger partial charge is 0.346 e. The van der Waals surface area contributed by atoms with Gasteiger partial charge in [-0.05, 0) is 30.3 Å². The fraction of sp³-hybridized carbons (Fsp3) is 0.105. The SMILES string of the molecule is O=C(O)CCNc1ccc2cc(-c3nc4ccccc4s3)c(=O)oc2c1. The summed E-state index contributed by atoms with van der Waals surface area (Å²) in [7, 11) is 0. The summed E-state index contributed by atoms with van der Waals surface area (Å²) in [5, 5.41) is 13.1. The molecular weight excluding hydrogens is 352 g/mol. The molecule has 0 bridgehead atoms. The van der Waals surface area contributed by atoms with Crippen molar-refractivity contribution < 1.29 is 14.3 Å². The summed E-state index contributed by atoms with van der Waals surface area (Å²) < 4.78 is 6.48. The molecule has 0 aliphatic carbocycles. The summed E-state index contributed by atoms with van der Waals surface area (Å²) >= 11 is 1.45. The molecule has 2 aromatic heterocycles. The van der Waals surface area contributed by atoms with Crippen molar-refractivity contribution in [2.45, 2.75) is 6.42 Å². The van der Waals surface area contributed by atoms with E-state index in [0.29, 0.717) is 28.4 Å². The lowest BCUT2D eigenvalue weighted by Crippen LogP contribution is -2.07. The predicted octanol–water partition coefficient (Wildman–Crippen LogP) is 3.96. The van der Waals surface area contributed by atoms with Crippen LogP contribution in [0.5, 0.6) is 0 Å². The molecular formula is C19H14N2O4S. The molecule has 2 aromatic carbocycles. The van der Waals surface area contributed by atoms with Crippen molar-refractivity contribution in [2.75, 3.05) is 11.9 Å². The second-order valence-electron chi connectivity index (χ2n) is 5.76. The lowest BCUT2D eigenvalue weighted by atomic mass is 10.1. The second kappa shape index (κ2) is 6.61. The fourth-order valence-electron chi connectivity index (χ4n) is 2.67. The predicted molar refractivity (Wildman–Crippen MR) is 102 cm³/mol. The molecule has 0 aliphatic rings. The number of carbonyl (C=O) groups is 1. The van der Waals surface area contributed by atoms with Crippen molar-refractivity contribution >= 4 is 44.2 Å². The van der Waals surface area contributed by atoms with Crippen LogP contribution in [0.3, 0.4) is 0 Å². The van der Waals surface area contributed by atoms with E-state index >= 15 is 0 Å². The number of fused-ring (bicyclic) bond motifs is 2. The number of hydrogen-bond donors (Lipinski definition) is 2.